The molecule has 1 aliphatic carbocycles. The van der Waals surface area contributed by atoms with Crippen molar-refractivity contribution >= 4 is 29.2 Å². The molecular weight excluding hydrogens is 483 g/mol. The summed E-state index contributed by atoms with van der Waals surface area (Å²) in [5, 5.41) is 4.38. The van der Waals surface area contributed by atoms with E-state index in [4.69, 9.17) is 16.3 Å². The number of aliphatic imine (C=N–C) groups is 1. The molecule has 184 valence electrons. The first-order valence-electron chi connectivity index (χ1n) is 12.5. The number of hydrogen-bond acceptors (Lipinski definition) is 3. The van der Waals surface area contributed by atoms with Gasteiger partial charge in [0.15, 0.2) is 0 Å². The first-order chi connectivity index (χ1) is 18.1. The van der Waals surface area contributed by atoms with Crippen LogP contribution >= 0.6 is 11.6 Å². The van der Waals surface area contributed by atoms with Gasteiger partial charge in [-0.3, -0.25) is 4.99 Å². The van der Waals surface area contributed by atoms with Gasteiger partial charge in [-0.2, -0.15) is 0 Å². The van der Waals surface area contributed by atoms with E-state index in [1.165, 1.54) is 28.9 Å². The SMILES string of the molecule is Fc1ccc(COc2ccc(Cl)cc2C=Nc2ccc([C@@H]3Nc4ccccc4[C@@H]4C=CC[C@H]43)cc2)cc1. The molecule has 4 aromatic carbocycles. The van der Waals surface area contributed by atoms with E-state index in [2.05, 4.69) is 71.0 Å². The number of para-hydroxylation sites is 1. The molecule has 1 heterocycles. The fourth-order valence-electron chi connectivity index (χ4n) is 5.28. The van der Waals surface area contributed by atoms with Crippen LogP contribution in [0.3, 0.4) is 0 Å². The molecule has 4 aromatic rings. The molecule has 37 heavy (non-hydrogen) atoms. The number of ether oxygens (including phenoxy) is 1. The van der Waals surface area contributed by atoms with Gasteiger partial charge < -0.3 is 10.1 Å². The number of anilines is 1. The van der Waals surface area contributed by atoms with E-state index in [-0.39, 0.29) is 11.9 Å². The second-order valence-corrected chi connectivity index (χ2v) is 9.95. The Balaban J connectivity index is 1.18. The van der Waals surface area contributed by atoms with Crippen molar-refractivity contribution < 1.29 is 9.13 Å². The van der Waals surface area contributed by atoms with Gasteiger partial charge in [-0.05, 0) is 77.6 Å². The topological polar surface area (TPSA) is 33.6 Å². The summed E-state index contributed by atoms with van der Waals surface area (Å²) in [6, 6.07) is 29.0. The molecule has 0 aromatic heterocycles. The van der Waals surface area contributed by atoms with Crippen LogP contribution in [0.15, 0.2) is 108 Å². The summed E-state index contributed by atoms with van der Waals surface area (Å²) in [5.74, 6) is 1.37. The quantitative estimate of drug-likeness (QED) is 0.209. The highest BCUT2D eigenvalue weighted by molar-refractivity contribution is 6.30. The Hall–Kier alpha value is -3.89. The lowest BCUT2D eigenvalue weighted by atomic mass is 9.77. The third kappa shape index (κ3) is 5.03. The second-order valence-electron chi connectivity index (χ2n) is 9.51. The first-order valence-corrected chi connectivity index (χ1v) is 12.8. The van der Waals surface area contributed by atoms with Crippen molar-refractivity contribution in [2.24, 2.45) is 10.9 Å². The summed E-state index contributed by atoms with van der Waals surface area (Å²) >= 11 is 6.25. The minimum absolute atomic E-state index is 0.257. The van der Waals surface area contributed by atoms with Crippen molar-refractivity contribution in [3.05, 3.63) is 136 Å². The van der Waals surface area contributed by atoms with Crippen molar-refractivity contribution in [2.45, 2.75) is 25.0 Å². The molecular formula is C32H26ClFN2O. The molecule has 0 saturated carbocycles. The van der Waals surface area contributed by atoms with Crippen LogP contribution in [-0.2, 0) is 6.61 Å². The Morgan fingerprint density at radius 2 is 1.78 bits per heavy atom. The molecule has 0 radical (unpaired) electrons. The lowest BCUT2D eigenvalue weighted by molar-refractivity contribution is 0.305. The third-order valence-corrected chi connectivity index (χ3v) is 7.39. The van der Waals surface area contributed by atoms with Gasteiger partial charge in [-0.1, -0.05) is 66.2 Å². The number of fused-ring (bicyclic) bond motifs is 3. The van der Waals surface area contributed by atoms with Crippen molar-refractivity contribution in [1.82, 2.24) is 0 Å². The number of nitrogens with zero attached hydrogens (tertiary/aromatic N) is 1. The van der Waals surface area contributed by atoms with Crippen molar-refractivity contribution in [3.63, 3.8) is 0 Å². The molecule has 0 unspecified atom stereocenters. The number of halogens is 2. The van der Waals surface area contributed by atoms with Crippen molar-refractivity contribution in [3.8, 4) is 5.75 Å². The third-order valence-electron chi connectivity index (χ3n) is 7.16. The molecule has 6 rings (SSSR count). The predicted octanol–water partition coefficient (Wildman–Crippen LogP) is 8.64. The summed E-state index contributed by atoms with van der Waals surface area (Å²) in [6.07, 6.45) is 7.52. The van der Waals surface area contributed by atoms with Crippen LogP contribution in [-0.4, -0.2) is 6.21 Å². The summed E-state index contributed by atoms with van der Waals surface area (Å²) in [4.78, 5) is 4.69. The summed E-state index contributed by atoms with van der Waals surface area (Å²) in [7, 11) is 0. The fraction of sp³-hybridized carbons (Fsp3) is 0.156. The van der Waals surface area contributed by atoms with Crippen LogP contribution in [0.2, 0.25) is 5.02 Å². The number of allylic oxidation sites excluding steroid dienone is 2. The van der Waals surface area contributed by atoms with E-state index < -0.39 is 0 Å². The average molecular weight is 509 g/mol. The van der Waals surface area contributed by atoms with Gasteiger partial charge in [-0.25, -0.2) is 4.39 Å². The molecule has 2 aliphatic rings. The zero-order valence-electron chi connectivity index (χ0n) is 20.1. The zero-order valence-corrected chi connectivity index (χ0v) is 20.9. The smallest absolute Gasteiger partial charge is 0.128 e. The van der Waals surface area contributed by atoms with Gasteiger partial charge >= 0.3 is 0 Å². The highest BCUT2D eigenvalue weighted by atomic mass is 35.5. The van der Waals surface area contributed by atoms with Crippen LogP contribution in [0.4, 0.5) is 15.8 Å². The normalized spacial score (nSPS) is 19.9. The lowest BCUT2D eigenvalue weighted by Crippen LogP contribution is -2.28. The van der Waals surface area contributed by atoms with E-state index >= 15 is 0 Å². The second kappa shape index (κ2) is 10.2. The molecule has 3 nitrogen and oxygen atoms in total. The van der Waals surface area contributed by atoms with Gasteiger partial charge in [-0.15, -0.1) is 0 Å². The van der Waals surface area contributed by atoms with Crippen molar-refractivity contribution in [1.29, 1.82) is 0 Å². The van der Waals surface area contributed by atoms with E-state index in [1.807, 2.05) is 12.1 Å². The van der Waals surface area contributed by atoms with Crippen LogP contribution < -0.4 is 10.1 Å². The summed E-state index contributed by atoms with van der Waals surface area (Å²) in [6.45, 7) is 0.325. The van der Waals surface area contributed by atoms with Gasteiger partial charge in [0.2, 0.25) is 0 Å². The van der Waals surface area contributed by atoms with Crippen LogP contribution in [0, 0.1) is 11.7 Å². The van der Waals surface area contributed by atoms with Gasteiger partial charge in [0, 0.05) is 28.4 Å². The molecule has 3 atom stereocenters. The first kappa shape index (κ1) is 23.5. The molecule has 1 aliphatic heterocycles. The molecule has 5 heteroatoms. The number of hydrogen-bond donors (Lipinski definition) is 1. The van der Waals surface area contributed by atoms with E-state index in [0.29, 0.717) is 29.2 Å². The Labute approximate surface area is 221 Å². The van der Waals surface area contributed by atoms with Crippen LogP contribution in [0.5, 0.6) is 5.75 Å². The monoisotopic (exact) mass is 508 g/mol. The molecule has 0 bridgehead atoms. The maximum absolute atomic E-state index is 13.2. The lowest BCUT2D eigenvalue weighted by Gasteiger charge is -2.37. The average Bonchev–Trinajstić information content (AvgIpc) is 3.43. The Kier molecular flexibility index (Phi) is 6.50. The van der Waals surface area contributed by atoms with Crippen molar-refractivity contribution in [2.75, 3.05) is 5.32 Å². The number of benzene rings is 4. The Morgan fingerprint density at radius 1 is 0.973 bits per heavy atom. The molecule has 0 amide bonds. The highest BCUT2D eigenvalue weighted by Crippen LogP contribution is 2.49. The maximum atomic E-state index is 13.2. The highest BCUT2D eigenvalue weighted by Gasteiger charge is 2.37. The Bertz CT molecular complexity index is 1460. The number of nitrogens with one attached hydrogen (secondary N) is 1. The largest absolute Gasteiger partial charge is 0.488 e. The zero-order chi connectivity index (χ0) is 25.2. The minimum atomic E-state index is -0.266. The molecule has 0 spiro atoms. The minimum Gasteiger partial charge on any atom is -0.488 e. The summed E-state index contributed by atoms with van der Waals surface area (Å²) < 4.78 is 19.2. The van der Waals surface area contributed by atoms with E-state index in [9.17, 15) is 4.39 Å². The number of rotatable bonds is 6. The van der Waals surface area contributed by atoms with E-state index in [0.717, 1.165) is 23.2 Å². The molecule has 0 saturated heterocycles. The van der Waals surface area contributed by atoms with Crippen LogP contribution in [0.1, 0.15) is 40.6 Å². The maximum Gasteiger partial charge on any atom is 0.128 e. The van der Waals surface area contributed by atoms with Gasteiger partial charge in [0.25, 0.3) is 0 Å². The Morgan fingerprint density at radius 3 is 2.62 bits per heavy atom. The predicted molar refractivity (Wildman–Crippen MR) is 149 cm³/mol. The van der Waals surface area contributed by atoms with Gasteiger partial charge in [0.05, 0.1) is 11.7 Å². The van der Waals surface area contributed by atoms with E-state index in [1.54, 1.807) is 24.4 Å². The fourth-order valence-corrected chi connectivity index (χ4v) is 5.46. The standard InChI is InChI=1S/C32H26ClFN2O/c33-24-12-17-31(37-20-21-8-13-25(34)14-9-21)23(18-24)19-35-26-15-10-22(11-16-26)32-29-6-3-5-27(29)28-4-1-2-7-30(28)36-32/h1-5,7-19,27,29,32,36H,6,20H2/t27-,29+,32-/m0/s1. The molecule has 0 fully saturated rings. The molecule has 1 N–H and O–H groups in total. The van der Waals surface area contributed by atoms with Gasteiger partial charge in [0.1, 0.15) is 18.2 Å². The summed E-state index contributed by atoms with van der Waals surface area (Å²) in [5.41, 5.74) is 6.38. The van der Waals surface area contributed by atoms with Crippen LogP contribution in [0.25, 0.3) is 0 Å².